The molecule has 2 aromatic rings. The van der Waals surface area contributed by atoms with Gasteiger partial charge < -0.3 is 5.32 Å². The first-order valence-corrected chi connectivity index (χ1v) is 6.97. The number of rotatable bonds is 6. The molecule has 0 saturated carbocycles. The Balaban J connectivity index is 2.00. The van der Waals surface area contributed by atoms with E-state index >= 15 is 0 Å². The average molecular weight is 293 g/mol. The predicted molar refractivity (Wildman–Crippen MR) is 77.5 cm³/mol. The van der Waals surface area contributed by atoms with Gasteiger partial charge in [0.15, 0.2) is 17.5 Å². The zero-order valence-electron chi connectivity index (χ0n) is 11.9. The van der Waals surface area contributed by atoms with Crippen molar-refractivity contribution in [3.8, 4) is 0 Å². The van der Waals surface area contributed by atoms with Crippen LogP contribution in [0.3, 0.4) is 0 Å². The van der Waals surface area contributed by atoms with Gasteiger partial charge in [-0.25, -0.2) is 13.2 Å². The van der Waals surface area contributed by atoms with Gasteiger partial charge >= 0.3 is 0 Å². The average Bonchev–Trinajstić information content (AvgIpc) is 2.50. The fourth-order valence-electron chi connectivity index (χ4n) is 2.41. The molecule has 0 fully saturated rings. The first kappa shape index (κ1) is 15.6. The zero-order valence-corrected chi connectivity index (χ0v) is 11.9. The van der Waals surface area contributed by atoms with E-state index in [2.05, 4.69) is 5.32 Å². The van der Waals surface area contributed by atoms with E-state index in [1.807, 2.05) is 30.3 Å². The van der Waals surface area contributed by atoms with Gasteiger partial charge in [0.2, 0.25) is 0 Å². The van der Waals surface area contributed by atoms with Crippen LogP contribution in [0.25, 0.3) is 0 Å². The number of benzene rings is 2. The largest absolute Gasteiger partial charge is 0.313 e. The summed E-state index contributed by atoms with van der Waals surface area (Å²) in [4.78, 5) is 0. The van der Waals surface area contributed by atoms with Crippen LogP contribution in [-0.2, 0) is 6.42 Å². The van der Waals surface area contributed by atoms with Crippen molar-refractivity contribution >= 4 is 0 Å². The van der Waals surface area contributed by atoms with Gasteiger partial charge in [-0.05, 0) is 49.6 Å². The quantitative estimate of drug-likeness (QED) is 0.779. The molecule has 2 aromatic carbocycles. The Hall–Kier alpha value is -1.81. The highest BCUT2D eigenvalue weighted by Crippen LogP contribution is 2.23. The van der Waals surface area contributed by atoms with Gasteiger partial charge in [-0.3, -0.25) is 0 Å². The summed E-state index contributed by atoms with van der Waals surface area (Å²) in [7, 11) is 1.73. The van der Waals surface area contributed by atoms with E-state index in [4.69, 9.17) is 0 Å². The molecule has 0 aliphatic rings. The SMILES string of the molecule is CNC(CCCc1ccccc1)c1cc(F)c(F)c(F)c1. The number of nitrogens with one attached hydrogen (secondary N) is 1. The Bertz CT molecular complexity index is 561. The maximum atomic E-state index is 13.3. The summed E-state index contributed by atoms with van der Waals surface area (Å²) in [6, 6.07) is 11.9. The lowest BCUT2D eigenvalue weighted by molar-refractivity contribution is 0.438. The second-order valence-corrected chi connectivity index (χ2v) is 5.02. The fourth-order valence-corrected chi connectivity index (χ4v) is 2.41. The molecule has 0 saturated heterocycles. The van der Waals surface area contributed by atoms with Crippen LogP contribution in [0.1, 0.15) is 30.0 Å². The monoisotopic (exact) mass is 293 g/mol. The fraction of sp³-hybridized carbons (Fsp3) is 0.294. The molecule has 0 heterocycles. The summed E-state index contributed by atoms with van der Waals surface area (Å²) >= 11 is 0. The third kappa shape index (κ3) is 4.08. The molecule has 0 bridgehead atoms. The maximum Gasteiger partial charge on any atom is 0.194 e. The van der Waals surface area contributed by atoms with Crippen molar-refractivity contribution in [1.82, 2.24) is 5.32 Å². The Morgan fingerprint density at radius 3 is 2.19 bits per heavy atom. The summed E-state index contributed by atoms with van der Waals surface area (Å²) in [5, 5.41) is 3.02. The van der Waals surface area contributed by atoms with Crippen molar-refractivity contribution in [3.63, 3.8) is 0 Å². The van der Waals surface area contributed by atoms with Crippen molar-refractivity contribution in [2.24, 2.45) is 0 Å². The van der Waals surface area contributed by atoms with Gasteiger partial charge in [0.1, 0.15) is 0 Å². The molecular formula is C17H18F3N. The lowest BCUT2D eigenvalue weighted by Crippen LogP contribution is -2.17. The van der Waals surface area contributed by atoms with Crippen molar-refractivity contribution in [1.29, 1.82) is 0 Å². The first-order chi connectivity index (χ1) is 10.1. The van der Waals surface area contributed by atoms with E-state index < -0.39 is 17.5 Å². The number of hydrogen-bond acceptors (Lipinski definition) is 1. The molecule has 0 radical (unpaired) electrons. The van der Waals surface area contributed by atoms with Gasteiger partial charge in [-0.2, -0.15) is 0 Å². The minimum Gasteiger partial charge on any atom is -0.313 e. The normalized spacial score (nSPS) is 12.4. The van der Waals surface area contributed by atoms with E-state index in [1.165, 1.54) is 5.56 Å². The van der Waals surface area contributed by atoms with Gasteiger partial charge in [0, 0.05) is 6.04 Å². The van der Waals surface area contributed by atoms with E-state index in [-0.39, 0.29) is 6.04 Å². The second kappa shape index (κ2) is 7.27. The lowest BCUT2D eigenvalue weighted by Gasteiger charge is -2.17. The van der Waals surface area contributed by atoms with E-state index in [1.54, 1.807) is 7.05 Å². The summed E-state index contributed by atoms with van der Waals surface area (Å²) in [6.07, 6.45) is 2.48. The van der Waals surface area contributed by atoms with Crippen LogP contribution in [0.2, 0.25) is 0 Å². The molecule has 0 spiro atoms. The minimum absolute atomic E-state index is 0.196. The van der Waals surface area contributed by atoms with Crippen LogP contribution in [-0.4, -0.2) is 7.05 Å². The molecule has 0 amide bonds. The van der Waals surface area contributed by atoms with Crippen LogP contribution >= 0.6 is 0 Å². The maximum absolute atomic E-state index is 13.3. The summed E-state index contributed by atoms with van der Waals surface area (Å²) < 4.78 is 39.5. The van der Waals surface area contributed by atoms with Crippen molar-refractivity contribution in [2.45, 2.75) is 25.3 Å². The Morgan fingerprint density at radius 2 is 1.62 bits per heavy atom. The van der Waals surface area contributed by atoms with Crippen LogP contribution in [0.5, 0.6) is 0 Å². The highest BCUT2D eigenvalue weighted by Gasteiger charge is 2.16. The standard InChI is InChI=1S/C17H18F3N/c1-21-16(9-5-8-12-6-3-2-4-7-12)13-10-14(18)17(20)15(19)11-13/h2-4,6-7,10-11,16,21H,5,8-9H2,1H3. The molecular weight excluding hydrogens is 275 g/mol. The molecule has 0 aliphatic carbocycles. The minimum atomic E-state index is -1.42. The van der Waals surface area contributed by atoms with Gasteiger partial charge in [0.05, 0.1) is 0 Å². The molecule has 21 heavy (non-hydrogen) atoms. The summed E-state index contributed by atoms with van der Waals surface area (Å²) in [5.41, 5.74) is 1.66. The molecule has 1 atom stereocenters. The van der Waals surface area contributed by atoms with E-state index in [9.17, 15) is 13.2 Å². The van der Waals surface area contributed by atoms with Crippen molar-refractivity contribution in [3.05, 3.63) is 71.0 Å². The van der Waals surface area contributed by atoms with Gasteiger partial charge in [-0.15, -0.1) is 0 Å². The third-order valence-electron chi connectivity index (χ3n) is 3.56. The topological polar surface area (TPSA) is 12.0 Å². The first-order valence-electron chi connectivity index (χ1n) is 6.97. The Morgan fingerprint density at radius 1 is 1.00 bits per heavy atom. The molecule has 1 unspecified atom stereocenters. The highest BCUT2D eigenvalue weighted by molar-refractivity contribution is 5.23. The van der Waals surface area contributed by atoms with Crippen molar-refractivity contribution in [2.75, 3.05) is 7.05 Å². The van der Waals surface area contributed by atoms with Crippen LogP contribution in [0.15, 0.2) is 42.5 Å². The number of aryl methyl sites for hydroxylation is 1. The Kier molecular flexibility index (Phi) is 5.39. The van der Waals surface area contributed by atoms with Gasteiger partial charge in [0.25, 0.3) is 0 Å². The van der Waals surface area contributed by atoms with Crippen molar-refractivity contribution < 1.29 is 13.2 Å². The zero-order chi connectivity index (χ0) is 15.2. The third-order valence-corrected chi connectivity index (χ3v) is 3.56. The number of halogens is 3. The predicted octanol–water partition coefficient (Wildman–Crippen LogP) is 4.39. The smallest absolute Gasteiger partial charge is 0.194 e. The molecule has 0 aromatic heterocycles. The molecule has 1 N–H and O–H groups in total. The summed E-state index contributed by atoms with van der Waals surface area (Å²) in [6.45, 7) is 0. The molecule has 112 valence electrons. The highest BCUT2D eigenvalue weighted by atomic mass is 19.2. The number of hydrogen-bond donors (Lipinski definition) is 1. The van der Waals surface area contributed by atoms with E-state index in [0.29, 0.717) is 5.56 Å². The van der Waals surface area contributed by atoms with Crippen LogP contribution < -0.4 is 5.32 Å². The molecule has 2 rings (SSSR count). The molecule has 4 heteroatoms. The molecule has 0 aliphatic heterocycles. The molecule has 1 nitrogen and oxygen atoms in total. The van der Waals surface area contributed by atoms with E-state index in [0.717, 1.165) is 31.4 Å². The van der Waals surface area contributed by atoms with Gasteiger partial charge in [-0.1, -0.05) is 30.3 Å². The van der Waals surface area contributed by atoms with Crippen LogP contribution in [0, 0.1) is 17.5 Å². The second-order valence-electron chi connectivity index (χ2n) is 5.02. The lowest BCUT2D eigenvalue weighted by atomic mass is 9.99. The van der Waals surface area contributed by atoms with Crippen LogP contribution in [0.4, 0.5) is 13.2 Å². The summed E-state index contributed by atoms with van der Waals surface area (Å²) in [5.74, 6) is -3.71. The Labute approximate surface area is 122 Å².